The van der Waals surface area contributed by atoms with Crippen LogP contribution in [0.5, 0.6) is 0 Å². The summed E-state index contributed by atoms with van der Waals surface area (Å²) < 4.78 is 14.9. The Morgan fingerprint density at radius 2 is 1.83 bits per heavy atom. The Morgan fingerprint density at radius 1 is 1.06 bits per heavy atom. The highest BCUT2D eigenvalue weighted by molar-refractivity contribution is 9.10. The van der Waals surface area contributed by atoms with Gasteiger partial charge in [0.2, 0.25) is 0 Å². The van der Waals surface area contributed by atoms with Gasteiger partial charge in [0.15, 0.2) is 0 Å². The van der Waals surface area contributed by atoms with E-state index in [1.54, 1.807) is 6.07 Å². The van der Waals surface area contributed by atoms with Crippen molar-refractivity contribution in [2.45, 2.75) is 13.5 Å². The number of hydrogen-bond donors (Lipinski definition) is 1. The molecule has 1 nitrogen and oxygen atoms in total. The zero-order valence-corrected chi connectivity index (χ0v) is 13.0. The van der Waals surface area contributed by atoms with E-state index in [2.05, 4.69) is 55.4 Å². The van der Waals surface area contributed by atoms with Crippen molar-refractivity contribution < 1.29 is 4.39 Å². The SMILES string of the molecule is Cc1ccc(CNc2ccc(Br)c(F)c2)c(Br)c1. The molecule has 1 N–H and O–H groups in total. The number of rotatable bonds is 3. The second kappa shape index (κ2) is 5.85. The van der Waals surface area contributed by atoms with Gasteiger partial charge in [0, 0.05) is 16.7 Å². The van der Waals surface area contributed by atoms with Crippen LogP contribution in [-0.2, 0) is 6.54 Å². The molecular weight excluding hydrogens is 361 g/mol. The smallest absolute Gasteiger partial charge is 0.139 e. The maximum absolute atomic E-state index is 13.3. The van der Waals surface area contributed by atoms with Crippen molar-refractivity contribution >= 4 is 37.5 Å². The molecule has 94 valence electrons. The molecule has 0 heterocycles. The highest BCUT2D eigenvalue weighted by atomic mass is 79.9. The van der Waals surface area contributed by atoms with Crippen molar-refractivity contribution in [1.82, 2.24) is 0 Å². The van der Waals surface area contributed by atoms with Crippen molar-refractivity contribution in [2.75, 3.05) is 5.32 Å². The average molecular weight is 373 g/mol. The van der Waals surface area contributed by atoms with Gasteiger partial charge in [-0.1, -0.05) is 28.1 Å². The molecule has 0 atom stereocenters. The molecule has 0 aromatic heterocycles. The fourth-order valence-corrected chi connectivity index (χ4v) is 2.48. The van der Waals surface area contributed by atoms with E-state index in [1.807, 2.05) is 13.0 Å². The molecule has 0 aliphatic heterocycles. The summed E-state index contributed by atoms with van der Waals surface area (Å²) in [5.74, 6) is -0.261. The van der Waals surface area contributed by atoms with Gasteiger partial charge in [0.1, 0.15) is 5.82 Å². The van der Waals surface area contributed by atoms with E-state index in [0.29, 0.717) is 11.0 Å². The van der Waals surface area contributed by atoms with Crippen LogP contribution >= 0.6 is 31.9 Å². The van der Waals surface area contributed by atoms with E-state index in [9.17, 15) is 4.39 Å². The zero-order valence-electron chi connectivity index (χ0n) is 9.81. The van der Waals surface area contributed by atoms with Crippen LogP contribution in [0.1, 0.15) is 11.1 Å². The molecule has 0 aliphatic carbocycles. The Kier molecular flexibility index (Phi) is 4.40. The molecule has 18 heavy (non-hydrogen) atoms. The molecule has 0 unspecified atom stereocenters. The van der Waals surface area contributed by atoms with Gasteiger partial charge in [-0.25, -0.2) is 4.39 Å². The summed E-state index contributed by atoms with van der Waals surface area (Å²) in [6.07, 6.45) is 0. The summed E-state index contributed by atoms with van der Waals surface area (Å²) in [5, 5.41) is 3.20. The summed E-state index contributed by atoms with van der Waals surface area (Å²) >= 11 is 6.66. The fraction of sp³-hybridized carbons (Fsp3) is 0.143. The molecule has 0 aliphatic rings. The molecule has 0 amide bonds. The first-order valence-corrected chi connectivity index (χ1v) is 7.09. The molecule has 0 radical (unpaired) electrons. The standard InChI is InChI=1S/C14H12Br2FN/c1-9-2-3-10(13(16)6-9)8-18-11-4-5-12(15)14(17)7-11/h2-7,18H,8H2,1H3. The van der Waals surface area contributed by atoms with Gasteiger partial charge in [-0.05, 0) is 58.2 Å². The second-order valence-corrected chi connectivity index (χ2v) is 5.79. The third-order valence-electron chi connectivity index (χ3n) is 2.61. The number of anilines is 1. The molecule has 0 saturated heterocycles. The van der Waals surface area contributed by atoms with Crippen LogP contribution < -0.4 is 5.32 Å². The topological polar surface area (TPSA) is 12.0 Å². The van der Waals surface area contributed by atoms with Crippen molar-refractivity contribution in [3.05, 3.63) is 62.3 Å². The van der Waals surface area contributed by atoms with Crippen LogP contribution in [0.15, 0.2) is 45.3 Å². The van der Waals surface area contributed by atoms with E-state index < -0.39 is 0 Å². The Morgan fingerprint density at radius 3 is 2.50 bits per heavy atom. The van der Waals surface area contributed by atoms with Crippen LogP contribution in [0.25, 0.3) is 0 Å². The van der Waals surface area contributed by atoms with Crippen LogP contribution in [0.3, 0.4) is 0 Å². The lowest BCUT2D eigenvalue weighted by atomic mass is 10.1. The first-order chi connectivity index (χ1) is 8.56. The molecule has 0 spiro atoms. The largest absolute Gasteiger partial charge is 0.381 e. The van der Waals surface area contributed by atoms with Gasteiger partial charge in [-0.3, -0.25) is 0 Å². The predicted octanol–water partition coefficient (Wildman–Crippen LogP) is 5.27. The van der Waals surface area contributed by atoms with Crippen LogP contribution in [-0.4, -0.2) is 0 Å². The number of nitrogens with one attached hydrogen (secondary N) is 1. The zero-order chi connectivity index (χ0) is 13.1. The first kappa shape index (κ1) is 13.6. The number of aryl methyl sites for hydroxylation is 1. The lowest BCUT2D eigenvalue weighted by Crippen LogP contribution is -2.00. The molecule has 0 saturated carbocycles. The van der Waals surface area contributed by atoms with E-state index in [-0.39, 0.29) is 5.82 Å². The lowest BCUT2D eigenvalue weighted by Gasteiger charge is -2.09. The van der Waals surface area contributed by atoms with Crippen molar-refractivity contribution in [1.29, 1.82) is 0 Å². The summed E-state index contributed by atoms with van der Waals surface area (Å²) in [5.41, 5.74) is 3.12. The molecule has 0 bridgehead atoms. The maximum Gasteiger partial charge on any atom is 0.139 e. The molecular formula is C14H12Br2FN. The minimum absolute atomic E-state index is 0.261. The summed E-state index contributed by atoms with van der Waals surface area (Å²) in [6, 6.07) is 11.2. The minimum atomic E-state index is -0.261. The highest BCUT2D eigenvalue weighted by Gasteiger charge is 2.02. The third kappa shape index (κ3) is 3.33. The Hall–Kier alpha value is -0.870. The van der Waals surface area contributed by atoms with Crippen LogP contribution in [0.4, 0.5) is 10.1 Å². The lowest BCUT2D eigenvalue weighted by molar-refractivity contribution is 0.621. The van der Waals surface area contributed by atoms with E-state index >= 15 is 0 Å². The van der Waals surface area contributed by atoms with Gasteiger partial charge in [0.05, 0.1) is 4.47 Å². The molecule has 0 fully saturated rings. The van der Waals surface area contributed by atoms with Crippen molar-refractivity contribution in [3.63, 3.8) is 0 Å². The highest BCUT2D eigenvalue weighted by Crippen LogP contribution is 2.22. The first-order valence-electron chi connectivity index (χ1n) is 5.50. The third-order valence-corrected chi connectivity index (χ3v) is 3.99. The number of benzene rings is 2. The Bertz CT molecular complexity index is 570. The molecule has 2 rings (SSSR count). The van der Waals surface area contributed by atoms with Gasteiger partial charge < -0.3 is 5.32 Å². The van der Waals surface area contributed by atoms with Gasteiger partial charge in [-0.2, -0.15) is 0 Å². The summed E-state index contributed by atoms with van der Waals surface area (Å²) in [6.45, 7) is 2.70. The summed E-state index contributed by atoms with van der Waals surface area (Å²) in [7, 11) is 0. The molecule has 2 aromatic rings. The predicted molar refractivity (Wildman–Crippen MR) is 80.3 cm³/mol. The van der Waals surface area contributed by atoms with Crippen molar-refractivity contribution in [2.24, 2.45) is 0 Å². The Labute approximate surface area is 123 Å². The number of hydrogen-bond acceptors (Lipinski definition) is 1. The monoisotopic (exact) mass is 371 g/mol. The number of halogens is 3. The van der Waals surface area contributed by atoms with E-state index in [0.717, 1.165) is 15.7 Å². The average Bonchev–Trinajstić information content (AvgIpc) is 2.32. The molecule has 2 aromatic carbocycles. The van der Waals surface area contributed by atoms with Crippen molar-refractivity contribution in [3.8, 4) is 0 Å². The maximum atomic E-state index is 13.3. The normalized spacial score (nSPS) is 10.4. The minimum Gasteiger partial charge on any atom is -0.381 e. The fourth-order valence-electron chi connectivity index (χ4n) is 1.60. The Balaban J connectivity index is 2.09. The van der Waals surface area contributed by atoms with Gasteiger partial charge in [-0.15, -0.1) is 0 Å². The second-order valence-electron chi connectivity index (χ2n) is 4.08. The van der Waals surface area contributed by atoms with E-state index in [4.69, 9.17) is 0 Å². The quantitative estimate of drug-likeness (QED) is 0.773. The van der Waals surface area contributed by atoms with Crippen LogP contribution in [0, 0.1) is 12.7 Å². The summed E-state index contributed by atoms with van der Waals surface area (Å²) in [4.78, 5) is 0. The van der Waals surface area contributed by atoms with Gasteiger partial charge in [0.25, 0.3) is 0 Å². The van der Waals surface area contributed by atoms with Gasteiger partial charge >= 0.3 is 0 Å². The van der Waals surface area contributed by atoms with Crippen LogP contribution in [0.2, 0.25) is 0 Å². The van der Waals surface area contributed by atoms with E-state index in [1.165, 1.54) is 11.6 Å². The molecule has 4 heteroatoms.